The number of amides is 1. The predicted molar refractivity (Wildman–Crippen MR) is 114 cm³/mol. The Morgan fingerprint density at radius 2 is 1.87 bits per heavy atom. The normalized spacial score (nSPS) is 25.0. The minimum absolute atomic E-state index is 0.132. The summed E-state index contributed by atoms with van der Waals surface area (Å²) in [5, 5.41) is 0. The number of likely N-dealkylation sites (tertiary alicyclic amines) is 1. The zero-order chi connectivity index (χ0) is 21.6. The van der Waals surface area contributed by atoms with E-state index in [2.05, 4.69) is 0 Å². The standard InChI is InChI=1S/C23H26N2O5S/c1-29-19-10-6-17(7-11-19)14-25-16-23(12-13-24(15-23)22(26)18-8-9-18)30-20-4-2-3-5-21(20)31(25,27)28/h2-7,10-11,18H,8-9,12-16H2,1H3/t23-/m1/s1. The molecule has 2 fully saturated rings. The first-order valence-corrected chi connectivity index (χ1v) is 12.0. The molecule has 164 valence electrons. The van der Waals surface area contributed by atoms with E-state index in [1.165, 1.54) is 4.31 Å². The number of benzene rings is 2. The Bertz CT molecular complexity index is 1100. The summed E-state index contributed by atoms with van der Waals surface area (Å²) in [5.41, 5.74) is 0.110. The summed E-state index contributed by atoms with van der Waals surface area (Å²) in [4.78, 5) is 14.7. The SMILES string of the molecule is COc1ccc(CN2C[C@]3(CCN(C(=O)C4CC4)C3)Oc3ccccc3S2(=O)=O)cc1. The first-order chi connectivity index (χ1) is 14.9. The van der Waals surface area contributed by atoms with Crippen LogP contribution < -0.4 is 9.47 Å². The van der Waals surface area contributed by atoms with Crippen molar-refractivity contribution in [2.75, 3.05) is 26.7 Å². The van der Waals surface area contributed by atoms with Gasteiger partial charge in [-0.05, 0) is 42.7 Å². The zero-order valence-corrected chi connectivity index (χ0v) is 18.3. The maximum Gasteiger partial charge on any atom is 0.247 e. The molecule has 1 amide bonds. The van der Waals surface area contributed by atoms with Gasteiger partial charge in [0.05, 0.1) is 20.2 Å². The lowest BCUT2D eigenvalue weighted by Crippen LogP contribution is -2.49. The predicted octanol–water partition coefficient (Wildman–Crippen LogP) is 2.66. The highest BCUT2D eigenvalue weighted by Crippen LogP contribution is 2.40. The van der Waals surface area contributed by atoms with E-state index in [1.807, 2.05) is 29.2 Å². The number of carbonyl (C=O) groups excluding carboxylic acids is 1. The summed E-state index contributed by atoms with van der Waals surface area (Å²) in [6, 6.07) is 14.2. The van der Waals surface area contributed by atoms with Crippen LogP contribution in [0, 0.1) is 5.92 Å². The summed E-state index contributed by atoms with van der Waals surface area (Å²) in [5.74, 6) is 1.38. The van der Waals surface area contributed by atoms with Crippen molar-refractivity contribution in [2.45, 2.75) is 36.3 Å². The van der Waals surface area contributed by atoms with Gasteiger partial charge in [0.2, 0.25) is 15.9 Å². The van der Waals surface area contributed by atoms with Gasteiger partial charge in [0, 0.05) is 25.4 Å². The molecule has 1 saturated carbocycles. The molecule has 31 heavy (non-hydrogen) atoms. The summed E-state index contributed by atoms with van der Waals surface area (Å²) in [7, 11) is -2.17. The lowest BCUT2D eigenvalue weighted by atomic mass is 10.0. The molecule has 2 aliphatic heterocycles. The van der Waals surface area contributed by atoms with E-state index in [0.29, 0.717) is 25.3 Å². The Hall–Kier alpha value is -2.58. The van der Waals surface area contributed by atoms with Crippen molar-refractivity contribution in [1.82, 2.24) is 9.21 Å². The number of carbonyl (C=O) groups is 1. The van der Waals surface area contributed by atoms with Crippen molar-refractivity contribution in [3.63, 3.8) is 0 Å². The van der Waals surface area contributed by atoms with E-state index in [4.69, 9.17) is 9.47 Å². The maximum absolute atomic E-state index is 13.6. The molecular formula is C23H26N2O5S. The number of nitrogens with zero attached hydrogens (tertiary/aromatic N) is 2. The van der Waals surface area contributed by atoms with Gasteiger partial charge in [0.15, 0.2) is 0 Å². The summed E-state index contributed by atoms with van der Waals surface area (Å²) in [6.45, 7) is 1.42. The lowest BCUT2D eigenvalue weighted by molar-refractivity contribution is -0.132. The average Bonchev–Trinajstić information content (AvgIpc) is 3.55. The van der Waals surface area contributed by atoms with Gasteiger partial charge in [-0.1, -0.05) is 24.3 Å². The van der Waals surface area contributed by atoms with Crippen LogP contribution in [0.4, 0.5) is 0 Å². The van der Waals surface area contributed by atoms with Gasteiger partial charge in [-0.3, -0.25) is 4.79 Å². The van der Waals surface area contributed by atoms with Crippen LogP contribution >= 0.6 is 0 Å². The second kappa shape index (κ2) is 7.53. The molecule has 0 radical (unpaired) electrons. The molecule has 1 atom stereocenters. The van der Waals surface area contributed by atoms with Crippen molar-refractivity contribution < 1.29 is 22.7 Å². The Labute approximate surface area is 182 Å². The molecule has 3 aliphatic rings. The number of hydrogen-bond donors (Lipinski definition) is 0. The van der Waals surface area contributed by atoms with Crippen molar-refractivity contribution in [3.05, 3.63) is 54.1 Å². The number of hydrogen-bond acceptors (Lipinski definition) is 5. The first-order valence-electron chi connectivity index (χ1n) is 10.6. The van der Waals surface area contributed by atoms with Crippen LogP contribution in [0.2, 0.25) is 0 Å². The molecule has 0 N–H and O–H groups in total. The molecule has 0 bridgehead atoms. The van der Waals surface area contributed by atoms with E-state index >= 15 is 0 Å². The van der Waals surface area contributed by atoms with E-state index < -0.39 is 15.6 Å². The van der Waals surface area contributed by atoms with E-state index in [-0.39, 0.29) is 29.8 Å². The highest BCUT2D eigenvalue weighted by atomic mass is 32.2. The lowest BCUT2D eigenvalue weighted by Gasteiger charge is -2.32. The van der Waals surface area contributed by atoms with Crippen LogP contribution in [0.1, 0.15) is 24.8 Å². The van der Waals surface area contributed by atoms with E-state index in [9.17, 15) is 13.2 Å². The Morgan fingerprint density at radius 1 is 1.13 bits per heavy atom. The molecular weight excluding hydrogens is 416 g/mol. The molecule has 2 aromatic rings. The monoisotopic (exact) mass is 442 g/mol. The third-order valence-corrected chi connectivity index (χ3v) is 8.16. The highest BCUT2D eigenvalue weighted by molar-refractivity contribution is 7.89. The van der Waals surface area contributed by atoms with Crippen molar-refractivity contribution >= 4 is 15.9 Å². The van der Waals surface area contributed by atoms with Gasteiger partial charge in [-0.25, -0.2) is 8.42 Å². The largest absolute Gasteiger partial charge is 0.497 e. The van der Waals surface area contributed by atoms with Gasteiger partial charge < -0.3 is 14.4 Å². The summed E-state index contributed by atoms with van der Waals surface area (Å²) < 4.78 is 40.2. The molecule has 1 spiro atoms. The molecule has 1 aliphatic carbocycles. The smallest absolute Gasteiger partial charge is 0.247 e. The maximum atomic E-state index is 13.6. The zero-order valence-electron chi connectivity index (χ0n) is 17.5. The van der Waals surface area contributed by atoms with Gasteiger partial charge in [0.25, 0.3) is 0 Å². The molecule has 5 rings (SSSR count). The summed E-state index contributed by atoms with van der Waals surface area (Å²) in [6.07, 6.45) is 2.50. The second-order valence-corrected chi connectivity index (χ2v) is 10.5. The van der Waals surface area contributed by atoms with Crippen LogP contribution in [-0.2, 0) is 21.4 Å². The number of ether oxygens (including phenoxy) is 2. The molecule has 7 nitrogen and oxygen atoms in total. The Balaban J connectivity index is 1.49. The Morgan fingerprint density at radius 3 is 2.58 bits per heavy atom. The fourth-order valence-corrected chi connectivity index (χ4v) is 6.08. The number of sulfonamides is 1. The van der Waals surface area contributed by atoms with Gasteiger partial charge in [0.1, 0.15) is 22.0 Å². The number of para-hydroxylation sites is 1. The van der Waals surface area contributed by atoms with Gasteiger partial charge in [-0.15, -0.1) is 0 Å². The van der Waals surface area contributed by atoms with Crippen LogP contribution in [0.15, 0.2) is 53.4 Å². The highest BCUT2D eigenvalue weighted by Gasteiger charge is 2.50. The third-order valence-electron chi connectivity index (χ3n) is 6.33. The van der Waals surface area contributed by atoms with Gasteiger partial charge >= 0.3 is 0 Å². The van der Waals surface area contributed by atoms with Crippen LogP contribution in [-0.4, -0.2) is 55.9 Å². The van der Waals surface area contributed by atoms with Crippen LogP contribution in [0.5, 0.6) is 11.5 Å². The van der Waals surface area contributed by atoms with Gasteiger partial charge in [-0.2, -0.15) is 4.31 Å². The topological polar surface area (TPSA) is 76.2 Å². The fraction of sp³-hybridized carbons (Fsp3) is 0.435. The fourth-order valence-electron chi connectivity index (χ4n) is 4.47. The van der Waals surface area contributed by atoms with Crippen LogP contribution in [0.25, 0.3) is 0 Å². The minimum Gasteiger partial charge on any atom is -0.497 e. The average molecular weight is 443 g/mol. The molecule has 0 unspecified atom stereocenters. The van der Waals surface area contributed by atoms with E-state index in [0.717, 1.165) is 24.2 Å². The molecule has 0 aromatic heterocycles. The molecule has 2 heterocycles. The van der Waals surface area contributed by atoms with Crippen molar-refractivity contribution in [1.29, 1.82) is 0 Å². The third kappa shape index (κ3) is 3.78. The van der Waals surface area contributed by atoms with Crippen molar-refractivity contribution in [3.8, 4) is 11.5 Å². The number of methoxy groups -OCH3 is 1. The number of rotatable bonds is 4. The number of fused-ring (bicyclic) bond motifs is 1. The van der Waals surface area contributed by atoms with Crippen molar-refractivity contribution in [2.24, 2.45) is 5.92 Å². The minimum atomic E-state index is -3.76. The molecule has 8 heteroatoms. The quantitative estimate of drug-likeness (QED) is 0.728. The van der Waals surface area contributed by atoms with E-state index in [1.54, 1.807) is 31.4 Å². The molecule has 1 saturated heterocycles. The Kier molecular flexibility index (Phi) is 4.94. The molecule has 2 aromatic carbocycles. The second-order valence-electron chi connectivity index (χ2n) is 8.64. The first kappa shape index (κ1) is 20.3. The summed E-state index contributed by atoms with van der Waals surface area (Å²) >= 11 is 0. The van der Waals surface area contributed by atoms with Crippen LogP contribution in [0.3, 0.4) is 0 Å².